The molecule has 0 fully saturated rings. The summed E-state index contributed by atoms with van der Waals surface area (Å²) in [6.07, 6.45) is 8.10. The van der Waals surface area contributed by atoms with Crippen molar-refractivity contribution in [2.45, 2.75) is 39.0 Å². The number of allylic oxidation sites excluding steroid dienone is 4. The maximum atomic E-state index is 13.2. The first kappa shape index (κ1) is 15.0. The molecule has 0 heterocycles. The fourth-order valence-corrected chi connectivity index (χ4v) is 2.74. The SMILES string of the molecule is CC(CCC(C)C1C=CC(F)=CC1)c1cccc(F)c1. The Bertz CT molecular complexity index is 502. The molecule has 0 aliphatic heterocycles. The van der Waals surface area contributed by atoms with Crippen molar-refractivity contribution >= 4 is 0 Å². The summed E-state index contributed by atoms with van der Waals surface area (Å²) in [7, 11) is 0. The fraction of sp³-hybridized carbons (Fsp3) is 0.444. The summed E-state index contributed by atoms with van der Waals surface area (Å²) in [6.45, 7) is 4.35. The minimum atomic E-state index is -0.168. The lowest BCUT2D eigenvalue weighted by Crippen LogP contribution is -2.11. The molecule has 0 aromatic heterocycles. The molecule has 0 bridgehead atoms. The van der Waals surface area contributed by atoms with Crippen LogP contribution in [0.15, 0.2) is 48.3 Å². The van der Waals surface area contributed by atoms with Crippen LogP contribution in [0.3, 0.4) is 0 Å². The van der Waals surface area contributed by atoms with Crippen molar-refractivity contribution < 1.29 is 8.78 Å². The molecular formula is C18H22F2. The molecule has 20 heavy (non-hydrogen) atoms. The van der Waals surface area contributed by atoms with Gasteiger partial charge in [-0.2, -0.15) is 0 Å². The molecule has 108 valence electrons. The first-order chi connectivity index (χ1) is 9.56. The Kier molecular flexibility index (Phi) is 5.11. The van der Waals surface area contributed by atoms with E-state index in [2.05, 4.69) is 13.8 Å². The zero-order chi connectivity index (χ0) is 14.5. The van der Waals surface area contributed by atoms with Gasteiger partial charge in [-0.1, -0.05) is 32.1 Å². The van der Waals surface area contributed by atoms with Gasteiger partial charge in [0.05, 0.1) is 0 Å². The first-order valence-corrected chi connectivity index (χ1v) is 7.35. The van der Waals surface area contributed by atoms with Crippen LogP contribution in [-0.2, 0) is 0 Å². The van der Waals surface area contributed by atoms with E-state index in [9.17, 15) is 8.78 Å². The molecule has 3 atom stereocenters. The molecule has 0 nitrogen and oxygen atoms in total. The topological polar surface area (TPSA) is 0 Å². The van der Waals surface area contributed by atoms with E-state index in [4.69, 9.17) is 0 Å². The highest BCUT2D eigenvalue weighted by atomic mass is 19.1. The Labute approximate surface area is 120 Å². The van der Waals surface area contributed by atoms with Crippen LogP contribution in [0.1, 0.15) is 44.6 Å². The summed E-state index contributed by atoms with van der Waals surface area (Å²) in [5, 5.41) is 0. The molecule has 0 saturated heterocycles. The quantitative estimate of drug-likeness (QED) is 0.640. The highest BCUT2D eigenvalue weighted by Crippen LogP contribution is 2.30. The maximum absolute atomic E-state index is 13.2. The second-order valence-electron chi connectivity index (χ2n) is 5.86. The number of benzene rings is 1. The van der Waals surface area contributed by atoms with Gasteiger partial charge in [0.15, 0.2) is 0 Å². The third-order valence-electron chi connectivity index (χ3n) is 4.29. The summed E-state index contributed by atoms with van der Waals surface area (Å²) in [5.74, 6) is 1.01. The molecule has 0 saturated carbocycles. The van der Waals surface area contributed by atoms with Crippen LogP contribution in [0.4, 0.5) is 8.78 Å². The van der Waals surface area contributed by atoms with E-state index in [1.165, 1.54) is 6.07 Å². The van der Waals surface area contributed by atoms with Crippen LogP contribution in [0.2, 0.25) is 0 Å². The molecule has 1 aromatic rings. The van der Waals surface area contributed by atoms with E-state index in [0.29, 0.717) is 17.8 Å². The molecule has 0 spiro atoms. The highest BCUT2D eigenvalue weighted by Gasteiger charge is 2.17. The van der Waals surface area contributed by atoms with E-state index in [1.54, 1.807) is 24.3 Å². The predicted molar refractivity (Wildman–Crippen MR) is 79.7 cm³/mol. The Morgan fingerprint density at radius 1 is 1.20 bits per heavy atom. The molecule has 1 aromatic carbocycles. The Balaban J connectivity index is 1.84. The summed E-state index contributed by atoms with van der Waals surface area (Å²) in [4.78, 5) is 0. The zero-order valence-electron chi connectivity index (χ0n) is 12.2. The number of halogens is 2. The maximum Gasteiger partial charge on any atom is 0.123 e. The van der Waals surface area contributed by atoms with E-state index in [0.717, 1.165) is 24.8 Å². The smallest absolute Gasteiger partial charge is 0.123 e. The van der Waals surface area contributed by atoms with E-state index >= 15 is 0 Å². The highest BCUT2D eigenvalue weighted by molar-refractivity contribution is 5.20. The van der Waals surface area contributed by atoms with Gasteiger partial charge in [0.1, 0.15) is 11.6 Å². The molecule has 0 radical (unpaired) electrons. The third kappa shape index (κ3) is 4.03. The molecule has 0 N–H and O–H groups in total. The first-order valence-electron chi connectivity index (χ1n) is 7.35. The van der Waals surface area contributed by atoms with Gasteiger partial charge in [0.25, 0.3) is 0 Å². The minimum Gasteiger partial charge on any atom is -0.207 e. The van der Waals surface area contributed by atoms with Gasteiger partial charge in [0.2, 0.25) is 0 Å². The summed E-state index contributed by atoms with van der Waals surface area (Å²) in [5.41, 5.74) is 1.06. The van der Waals surface area contributed by atoms with Crippen LogP contribution in [0.25, 0.3) is 0 Å². The average Bonchev–Trinajstić information content (AvgIpc) is 2.45. The number of hydrogen-bond donors (Lipinski definition) is 0. The van der Waals surface area contributed by atoms with Gasteiger partial charge in [0, 0.05) is 0 Å². The molecule has 2 rings (SSSR count). The Morgan fingerprint density at radius 2 is 2.00 bits per heavy atom. The summed E-state index contributed by atoms with van der Waals surface area (Å²) >= 11 is 0. The van der Waals surface area contributed by atoms with Crippen LogP contribution < -0.4 is 0 Å². The molecular weight excluding hydrogens is 254 g/mol. The van der Waals surface area contributed by atoms with Crippen LogP contribution in [-0.4, -0.2) is 0 Å². The lowest BCUT2D eigenvalue weighted by Gasteiger charge is -2.23. The standard InChI is InChI=1S/C18H22F2/c1-13(15-8-10-17(19)11-9-15)6-7-14(2)16-4-3-5-18(20)12-16/h3-5,8,10-15H,6-7,9H2,1-2H3. The van der Waals surface area contributed by atoms with Crippen molar-refractivity contribution in [3.05, 3.63) is 59.7 Å². The fourth-order valence-electron chi connectivity index (χ4n) is 2.74. The van der Waals surface area contributed by atoms with E-state index in [1.807, 2.05) is 12.1 Å². The van der Waals surface area contributed by atoms with Gasteiger partial charge >= 0.3 is 0 Å². The van der Waals surface area contributed by atoms with Crippen molar-refractivity contribution in [3.63, 3.8) is 0 Å². The lowest BCUT2D eigenvalue weighted by molar-refractivity contribution is 0.376. The zero-order valence-corrected chi connectivity index (χ0v) is 12.2. The minimum absolute atomic E-state index is 0.124. The molecule has 1 aliphatic carbocycles. The van der Waals surface area contributed by atoms with E-state index < -0.39 is 0 Å². The third-order valence-corrected chi connectivity index (χ3v) is 4.29. The lowest BCUT2D eigenvalue weighted by atomic mass is 9.82. The Hall–Kier alpha value is -1.44. The Morgan fingerprint density at radius 3 is 2.65 bits per heavy atom. The summed E-state index contributed by atoms with van der Waals surface area (Å²) < 4.78 is 26.1. The summed E-state index contributed by atoms with van der Waals surface area (Å²) in [6, 6.07) is 6.85. The molecule has 1 aliphatic rings. The van der Waals surface area contributed by atoms with Crippen molar-refractivity contribution in [1.29, 1.82) is 0 Å². The van der Waals surface area contributed by atoms with Crippen molar-refractivity contribution in [2.75, 3.05) is 0 Å². The van der Waals surface area contributed by atoms with Crippen molar-refractivity contribution in [3.8, 4) is 0 Å². The second kappa shape index (κ2) is 6.83. The van der Waals surface area contributed by atoms with Gasteiger partial charge in [-0.05, 0) is 66.9 Å². The van der Waals surface area contributed by atoms with Gasteiger partial charge < -0.3 is 0 Å². The number of rotatable bonds is 5. The van der Waals surface area contributed by atoms with Crippen LogP contribution >= 0.6 is 0 Å². The molecule has 3 unspecified atom stereocenters. The van der Waals surface area contributed by atoms with Crippen molar-refractivity contribution in [2.24, 2.45) is 11.8 Å². The van der Waals surface area contributed by atoms with Gasteiger partial charge in [-0.25, -0.2) is 8.78 Å². The van der Waals surface area contributed by atoms with Crippen molar-refractivity contribution in [1.82, 2.24) is 0 Å². The normalized spacial score (nSPS) is 21.4. The molecule has 2 heteroatoms. The number of hydrogen-bond acceptors (Lipinski definition) is 0. The van der Waals surface area contributed by atoms with Crippen LogP contribution in [0.5, 0.6) is 0 Å². The van der Waals surface area contributed by atoms with Gasteiger partial charge in [-0.15, -0.1) is 0 Å². The average molecular weight is 276 g/mol. The largest absolute Gasteiger partial charge is 0.207 e. The molecule has 0 amide bonds. The monoisotopic (exact) mass is 276 g/mol. The van der Waals surface area contributed by atoms with E-state index in [-0.39, 0.29) is 11.6 Å². The second-order valence-corrected chi connectivity index (χ2v) is 5.86. The van der Waals surface area contributed by atoms with Gasteiger partial charge in [-0.3, -0.25) is 0 Å². The predicted octanol–water partition coefficient (Wildman–Crippen LogP) is 5.78. The van der Waals surface area contributed by atoms with Crippen LogP contribution in [0, 0.1) is 17.7 Å².